The number of hydrogen-bond donors (Lipinski definition) is 2. The van der Waals surface area contributed by atoms with Crippen LogP contribution in [0, 0.1) is 5.82 Å². The lowest BCUT2D eigenvalue weighted by Crippen LogP contribution is -2.48. The van der Waals surface area contributed by atoms with Crippen molar-refractivity contribution < 1.29 is 14.3 Å². The third kappa shape index (κ3) is 3.58. The first-order chi connectivity index (χ1) is 20.1. The normalized spacial score (nSPS) is 18.2. The van der Waals surface area contributed by atoms with Crippen molar-refractivity contribution in [3.05, 3.63) is 85.2 Å². The molecule has 6 aromatic rings. The molecule has 0 unspecified atom stereocenters. The zero-order valence-corrected chi connectivity index (χ0v) is 21.6. The molecule has 2 aromatic carbocycles. The molecule has 41 heavy (non-hydrogen) atoms. The number of aromatic amines is 1. The van der Waals surface area contributed by atoms with Gasteiger partial charge in [0.15, 0.2) is 5.65 Å². The Balaban J connectivity index is 1.26. The van der Waals surface area contributed by atoms with Gasteiger partial charge in [-0.1, -0.05) is 12.1 Å². The Morgan fingerprint density at radius 2 is 1.88 bits per heavy atom. The number of nitrogens with one attached hydrogen (secondary N) is 1. The Bertz CT molecular complexity index is 1970. The first kappa shape index (κ1) is 23.6. The second kappa shape index (κ2) is 8.85. The third-order valence-corrected chi connectivity index (χ3v) is 8.27. The highest BCUT2D eigenvalue weighted by atomic mass is 19.1. The number of carbonyl (C=O) groups is 1. The van der Waals surface area contributed by atoms with E-state index >= 15 is 4.39 Å². The summed E-state index contributed by atoms with van der Waals surface area (Å²) in [6.45, 7) is 0.998. The molecule has 0 aliphatic carbocycles. The molecule has 0 radical (unpaired) electrons. The van der Waals surface area contributed by atoms with Crippen molar-refractivity contribution in [3.8, 4) is 33.6 Å². The van der Waals surface area contributed by atoms with Gasteiger partial charge in [0.25, 0.3) is 0 Å². The number of halogens is 1. The number of anilines is 1. The van der Waals surface area contributed by atoms with Gasteiger partial charge in [-0.2, -0.15) is 10.2 Å². The first-order valence-corrected chi connectivity index (χ1v) is 13.3. The molecule has 4 aromatic heterocycles. The summed E-state index contributed by atoms with van der Waals surface area (Å²) in [7, 11) is 0. The average Bonchev–Trinajstić information content (AvgIpc) is 3.79. The SMILES string of the molecule is O=C(O)N1C[C@@H]2C[C@H]1CN2c1ccc(-c2ccnc3c(-c4cccc5[nH]ncc45)c(-c4ccncc4)nn23)c(F)c1. The van der Waals surface area contributed by atoms with Crippen LogP contribution >= 0.6 is 0 Å². The Morgan fingerprint density at radius 3 is 2.66 bits per heavy atom. The summed E-state index contributed by atoms with van der Waals surface area (Å²) in [5.41, 5.74) is 6.50. The van der Waals surface area contributed by atoms with E-state index in [2.05, 4.69) is 20.1 Å². The highest BCUT2D eigenvalue weighted by Crippen LogP contribution is 2.40. The number of piperazine rings is 1. The predicted molar refractivity (Wildman–Crippen MR) is 151 cm³/mol. The number of fused-ring (bicyclic) bond motifs is 4. The lowest BCUT2D eigenvalue weighted by atomic mass is 9.99. The smallest absolute Gasteiger partial charge is 0.407 e. The molecule has 6 heterocycles. The van der Waals surface area contributed by atoms with Crippen molar-refractivity contribution >= 4 is 28.3 Å². The fourth-order valence-corrected chi connectivity index (χ4v) is 6.40. The Morgan fingerprint density at radius 1 is 1.00 bits per heavy atom. The molecule has 1 amide bonds. The van der Waals surface area contributed by atoms with E-state index in [0.717, 1.165) is 39.7 Å². The molecule has 8 rings (SSSR count). The van der Waals surface area contributed by atoms with Gasteiger partial charge in [0, 0.05) is 59.9 Å². The van der Waals surface area contributed by atoms with Crippen LogP contribution in [-0.2, 0) is 0 Å². The van der Waals surface area contributed by atoms with Gasteiger partial charge in [0.05, 0.1) is 29.0 Å². The van der Waals surface area contributed by atoms with E-state index in [1.807, 2.05) is 36.4 Å². The molecular weight excluding hydrogens is 523 g/mol. The molecule has 2 saturated heterocycles. The number of H-pyrrole nitrogens is 1. The van der Waals surface area contributed by atoms with Crippen molar-refractivity contribution in [1.82, 2.24) is 34.7 Å². The minimum Gasteiger partial charge on any atom is -0.465 e. The maximum absolute atomic E-state index is 15.9. The van der Waals surface area contributed by atoms with Crippen LogP contribution in [0.1, 0.15) is 6.42 Å². The number of benzene rings is 2. The predicted octanol–water partition coefficient (Wildman–Crippen LogP) is 5.08. The second-order valence-electron chi connectivity index (χ2n) is 10.5. The van der Waals surface area contributed by atoms with Gasteiger partial charge in [0.2, 0.25) is 0 Å². The lowest BCUT2D eigenvalue weighted by molar-refractivity contribution is 0.137. The van der Waals surface area contributed by atoms with Gasteiger partial charge in [0.1, 0.15) is 11.5 Å². The van der Waals surface area contributed by atoms with Gasteiger partial charge in [-0.05, 0) is 54.4 Å². The number of aromatic nitrogens is 6. The minimum absolute atomic E-state index is 0.0520. The number of nitrogens with zero attached hydrogens (tertiary/aromatic N) is 7. The molecule has 202 valence electrons. The summed E-state index contributed by atoms with van der Waals surface area (Å²) in [4.78, 5) is 23.9. The van der Waals surface area contributed by atoms with Crippen LogP contribution in [0.4, 0.5) is 14.9 Å². The molecule has 2 bridgehead atoms. The van der Waals surface area contributed by atoms with Crippen LogP contribution in [0.5, 0.6) is 0 Å². The molecule has 2 N–H and O–H groups in total. The van der Waals surface area contributed by atoms with Crippen molar-refractivity contribution in [1.29, 1.82) is 0 Å². The van der Waals surface area contributed by atoms with Crippen LogP contribution < -0.4 is 4.90 Å². The Hall–Kier alpha value is -5.32. The van der Waals surface area contributed by atoms with Crippen LogP contribution in [0.25, 0.3) is 50.2 Å². The second-order valence-corrected chi connectivity index (χ2v) is 10.5. The quantitative estimate of drug-likeness (QED) is 0.317. The molecule has 11 heteroatoms. The van der Waals surface area contributed by atoms with Crippen molar-refractivity contribution in [3.63, 3.8) is 0 Å². The monoisotopic (exact) mass is 546 g/mol. The Kier molecular flexibility index (Phi) is 5.08. The number of likely N-dealkylation sites (tertiary alicyclic amines) is 1. The molecule has 0 spiro atoms. The summed E-state index contributed by atoms with van der Waals surface area (Å²) in [5.74, 6) is -0.382. The molecule has 0 saturated carbocycles. The summed E-state index contributed by atoms with van der Waals surface area (Å²) in [6.07, 6.45) is 6.76. The number of pyridine rings is 1. The van der Waals surface area contributed by atoms with Crippen molar-refractivity contribution in [2.75, 3.05) is 18.0 Å². The van der Waals surface area contributed by atoms with Crippen LogP contribution in [0.15, 0.2) is 79.4 Å². The lowest BCUT2D eigenvalue weighted by Gasteiger charge is -2.34. The van der Waals surface area contributed by atoms with Crippen LogP contribution in [0.3, 0.4) is 0 Å². The van der Waals surface area contributed by atoms with E-state index < -0.39 is 6.09 Å². The number of carboxylic acid groups (broad SMARTS) is 1. The molecule has 2 aliphatic rings. The summed E-state index contributed by atoms with van der Waals surface area (Å²) < 4.78 is 17.6. The van der Waals surface area contributed by atoms with Gasteiger partial charge in [-0.25, -0.2) is 18.7 Å². The number of rotatable bonds is 4. The van der Waals surface area contributed by atoms with Gasteiger partial charge >= 0.3 is 6.09 Å². The zero-order valence-electron chi connectivity index (χ0n) is 21.6. The Labute approximate surface area is 232 Å². The summed E-state index contributed by atoms with van der Waals surface area (Å²) >= 11 is 0. The van der Waals surface area contributed by atoms with Gasteiger partial charge in [-0.15, -0.1) is 0 Å². The minimum atomic E-state index is -0.894. The maximum Gasteiger partial charge on any atom is 0.407 e. The highest BCUT2D eigenvalue weighted by Gasteiger charge is 2.45. The van der Waals surface area contributed by atoms with E-state index in [1.165, 1.54) is 11.0 Å². The largest absolute Gasteiger partial charge is 0.465 e. The third-order valence-electron chi connectivity index (χ3n) is 8.27. The van der Waals surface area contributed by atoms with E-state index in [9.17, 15) is 9.90 Å². The van der Waals surface area contributed by atoms with Crippen molar-refractivity contribution in [2.45, 2.75) is 18.5 Å². The molecule has 2 aliphatic heterocycles. The average molecular weight is 547 g/mol. The maximum atomic E-state index is 15.9. The fraction of sp³-hybridized carbons (Fsp3) is 0.167. The van der Waals surface area contributed by atoms with Crippen LogP contribution in [-0.4, -0.2) is 71.1 Å². The van der Waals surface area contributed by atoms with Gasteiger partial charge in [-0.3, -0.25) is 10.1 Å². The molecule has 2 fully saturated rings. The van der Waals surface area contributed by atoms with Crippen molar-refractivity contribution in [2.24, 2.45) is 0 Å². The highest BCUT2D eigenvalue weighted by molar-refractivity contribution is 6.02. The number of hydrogen-bond acceptors (Lipinski definition) is 6. The van der Waals surface area contributed by atoms with E-state index in [1.54, 1.807) is 41.4 Å². The number of amides is 1. The molecular formula is C30H23FN8O2. The molecule has 2 atom stereocenters. The van der Waals surface area contributed by atoms with E-state index in [-0.39, 0.29) is 17.9 Å². The van der Waals surface area contributed by atoms with Gasteiger partial charge < -0.3 is 14.9 Å². The van der Waals surface area contributed by atoms with E-state index in [0.29, 0.717) is 35.7 Å². The molecule has 10 nitrogen and oxygen atoms in total. The van der Waals surface area contributed by atoms with Crippen LogP contribution in [0.2, 0.25) is 0 Å². The standard InChI is InChI=1S/C30H23FN8O2/c31-24-13-18(37-15-20-12-19(37)16-38(20)30(40)41)4-5-22(24)26-8-11-33-29-27(21-2-1-3-25-23(21)14-34-35-25)28(36-39(26)29)17-6-9-32-10-7-17/h1-11,13-14,19-20H,12,15-16H2,(H,34,35)(H,40,41)/t19-,20-/m0/s1. The summed E-state index contributed by atoms with van der Waals surface area (Å²) in [5, 5.41) is 22.6. The topological polar surface area (TPSA) is 116 Å². The zero-order chi connectivity index (χ0) is 27.7. The summed E-state index contributed by atoms with van der Waals surface area (Å²) in [6, 6.07) is 16.7. The van der Waals surface area contributed by atoms with E-state index in [4.69, 9.17) is 10.1 Å². The first-order valence-electron chi connectivity index (χ1n) is 13.3. The fourth-order valence-electron chi connectivity index (χ4n) is 6.40.